The fourth-order valence-electron chi connectivity index (χ4n) is 1.99. The van der Waals surface area contributed by atoms with Crippen LogP contribution in [0.1, 0.15) is 45.7 Å². The van der Waals surface area contributed by atoms with Crippen molar-refractivity contribution in [2.24, 2.45) is 0 Å². The molecule has 0 spiro atoms. The van der Waals surface area contributed by atoms with Gasteiger partial charge in [-0.3, -0.25) is 0 Å². The molecular formula is C17H28N2O4S. The molecule has 0 fully saturated rings. The summed E-state index contributed by atoms with van der Waals surface area (Å²) in [5, 5.41) is 2.67. The minimum atomic E-state index is -3.50. The van der Waals surface area contributed by atoms with Gasteiger partial charge in [-0.15, -0.1) is 0 Å². The number of benzene rings is 1. The highest BCUT2D eigenvalue weighted by atomic mass is 32.2. The van der Waals surface area contributed by atoms with Crippen LogP contribution in [0.15, 0.2) is 24.3 Å². The summed E-state index contributed by atoms with van der Waals surface area (Å²) in [6, 6.07) is 7.35. The second kappa shape index (κ2) is 7.53. The third kappa shape index (κ3) is 8.31. The van der Waals surface area contributed by atoms with E-state index in [4.69, 9.17) is 4.74 Å². The molecule has 1 rings (SSSR count). The van der Waals surface area contributed by atoms with E-state index in [1.54, 1.807) is 40.7 Å². The normalized spacial score (nSPS) is 12.8. The third-order valence-corrected chi connectivity index (χ3v) is 4.31. The molecule has 0 heterocycles. The van der Waals surface area contributed by atoms with Crippen LogP contribution in [0, 0.1) is 6.92 Å². The highest BCUT2D eigenvalue weighted by Crippen LogP contribution is 2.11. The smallest absolute Gasteiger partial charge is 0.408 e. The predicted octanol–water partition coefficient (Wildman–Crippen LogP) is 2.72. The number of hydrogen-bond donors (Lipinski definition) is 2. The van der Waals surface area contributed by atoms with Gasteiger partial charge >= 0.3 is 6.09 Å². The van der Waals surface area contributed by atoms with E-state index in [-0.39, 0.29) is 12.3 Å². The fraction of sp³-hybridized carbons (Fsp3) is 0.588. The number of alkyl carbamates (subject to hydrolysis) is 1. The average molecular weight is 356 g/mol. The summed E-state index contributed by atoms with van der Waals surface area (Å²) in [5.74, 6) is -0.100. The van der Waals surface area contributed by atoms with Crippen LogP contribution < -0.4 is 10.0 Å². The Hall–Kier alpha value is -1.60. The van der Waals surface area contributed by atoms with Crippen molar-refractivity contribution in [2.75, 3.05) is 6.54 Å². The summed E-state index contributed by atoms with van der Waals surface area (Å²) in [6.45, 7) is 10.7. The van der Waals surface area contributed by atoms with Gasteiger partial charge in [-0.2, -0.15) is 0 Å². The van der Waals surface area contributed by atoms with Gasteiger partial charge in [-0.1, -0.05) is 29.8 Å². The first-order valence-electron chi connectivity index (χ1n) is 7.82. The van der Waals surface area contributed by atoms with E-state index in [1.165, 1.54) is 0 Å². The van der Waals surface area contributed by atoms with Gasteiger partial charge in [0, 0.05) is 6.54 Å². The highest BCUT2D eigenvalue weighted by Gasteiger charge is 2.26. The quantitative estimate of drug-likeness (QED) is 0.821. The highest BCUT2D eigenvalue weighted by molar-refractivity contribution is 7.88. The molecule has 0 saturated heterocycles. The number of aryl methyl sites for hydroxylation is 1. The van der Waals surface area contributed by atoms with Crippen LogP contribution in [-0.2, 0) is 20.5 Å². The molecule has 1 aromatic rings. The monoisotopic (exact) mass is 356 g/mol. The number of carbonyl (C=O) groups is 1. The van der Waals surface area contributed by atoms with E-state index in [9.17, 15) is 13.2 Å². The van der Waals surface area contributed by atoms with Crippen LogP contribution in [0.2, 0.25) is 0 Å². The lowest BCUT2D eigenvalue weighted by atomic mass is 10.1. The minimum absolute atomic E-state index is 0.0698. The van der Waals surface area contributed by atoms with Crippen molar-refractivity contribution in [2.45, 2.75) is 58.4 Å². The SMILES string of the molecule is Cc1cccc(CS(=O)(=O)NCC(C)(C)NC(=O)OC(C)(C)C)c1. The van der Waals surface area contributed by atoms with Gasteiger partial charge in [0.25, 0.3) is 0 Å². The van der Waals surface area contributed by atoms with Gasteiger partial charge in [0.1, 0.15) is 5.60 Å². The van der Waals surface area contributed by atoms with E-state index < -0.39 is 27.3 Å². The van der Waals surface area contributed by atoms with Crippen molar-refractivity contribution in [1.82, 2.24) is 10.0 Å². The average Bonchev–Trinajstić information content (AvgIpc) is 2.33. The molecule has 0 aliphatic rings. The predicted molar refractivity (Wildman–Crippen MR) is 95.3 cm³/mol. The molecule has 0 radical (unpaired) electrons. The Morgan fingerprint density at radius 2 is 1.79 bits per heavy atom. The van der Waals surface area contributed by atoms with Gasteiger partial charge in [-0.05, 0) is 47.1 Å². The lowest BCUT2D eigenvalue weighted by molar-refractivity contribution is 0.0474. The Bertz CT molecular complexity index is 676. The summed E-state index contributed by atoms with van der Waals surface area (Å²) >= 11 is 0. The van der Waals surface area contributed by atoms with Crippen LogP contribution in [0.3, 0.4) is 0 Å². The standard InChI is InChI=1S/C17H28N2O4S/c1-13-8-7-9-14(10-13)11-24(21,22)18-12-17(5,6)19-15(20)23-16(2,3)4/h7-10,18H,11-12H2,1-6H3,(H,19,20). The molecule has 0 saturated carbocycles. The number of rotatable bonds is 6. The molecular weight excluding hydrogens is 328 g/mol. The van der Waals surface area contributed by atoms with E-state index in [0.717, 1.165) is 11.1 Å². The zero-order valence-electron chi connectivity index (χ0n) is 15.3. The topological polar surface area (TPSA) is 84.5 Å². The van der Waals surface area contributed by atoms with Gasteiger partial charge in [-0.25, -0.2) is 17.9 Å². The Balaban J connectivity index is 2.60. The largest absolute Gasteiger partial charge is 0.444 e. The van der Waals surface area contributed by atoms with Crippen LogP contribution in [-0.4, -0.2) is 32.2 Å². The summed E-state index contributed by atoms with van der Waals surface area (Å²) in [7, 11) is -3.50. The van der Waals surface area contributed by atoms with E-state index in [1.807, 2.05) is 25.1 Å². The van der Waals surface area contributed by atoms with Crippen LogP contribution in [0.25, 0.3) is 0 Å². The van der Waals surface area contributed by atoms with Gasteiger partial charge < -0.3 is 10.1 Å². The number of hydrogen-bond acceptors (Lipinski definition) is 4. The maximum Gasteiger partial charge on any atom is 0.408 e. The van der Waals surface area contributed by atoms with E-state index in [2.05, 4.69) is 10.0 Å². The van der Waals surface area contributed by atoms with Crippen molar-refractivity contribution in [3.63, 3.8) is 0 Å². The Kier molecular flexibility index (Phi) is 6.41. The molecule has 0 aliphatic heterocycles. The Labute approximate surface area is 145 Å². The van der Waals surface area contributed by atoms with Crippen LogP contribution >= 0.6 is 0 Å². The maximum atomic E-state index is 12.2. The molecule has 136 valence electrons. The molecule has 0 unspecified atom stereocenters. The number of sulfonamides is 1. The summed E-state index contributed by atoms with van der Waals surface area (Å²) < 4.78 is 32.2. The Morgan fingerprint density at radius 1 is 1.17 bits per heavy atom. The minimum Gasteiger partial charge on any atom is -0.444 e. The van der Waals surface area contributed by atoms with E-state index >= 15 is 0 Å². The number of carbonyl (C=O) groups excluding carboxylic acids is 1. The molecule has 1 amide bonds. The van der Waals surface area contributed by atoms with Gasteiger partial charge in [0.15, 0.2) is 0 Å². The first-order chi connectivity index (χ1) is 10.8. The molecule has 6 nitrogen and oxygen atoms in total. The van der Waals surface area contributed by atoms with E-state index in [0.29, 0.717) is 0 Å². The van der Waals surface area contributed by atoms with Crippen LogP contribution in [0.4, 0.5) is 4.79 Å². The molecule has 2 N–H and O–H groups in total. The molecule has 0 atom stereocenters. The number of amides is 1. The maximum absolute atomic E-state index is 12.2. The second-order valence-corrected chi connectivity index (χ2v) is 9.39. The Morgan fingerprint density at radius 3 is 2.33 bits per heavy atom. The molecule has 0 aromatic heterocycles. The fourth-order valence-corrected chi connectivity index (χ4v) is 3.29. The van der Waals surface area contributed by atoms with Gasteiger partial charge in [0.05, 0.1) is 11.3 Å². The summed E-state index contributed by atoms with van der Waals surface area (Å²) in [5.41, 5.74) is 0.349. The van der Waals surface area contributed by atoms with Crippen LogP contribution in [0.5, 0.6) is 0 Å². The summed E-state index contributed by atoms with van der Waals surface area (Å²) in [6.07, 6.45) is -0.578. The van der Waals surface area contributed by atoms with Crippen molar-refractivity contribution in [3.05, 3.63) is 35.4 Å². The molecule has 1 aromatic carbocycles. The molecule has 24 heavy (non-hydrogen) atoms. The lowest BCUT2D eigenvalue weighted by Gasteiger charge is -2.28. The zero-order valence-corrected chi connectivity index (χ0v) is 16.1. The van der Waals surface area contributed by atoms with Gasteiger partial charge in [0.2, 0.25) is 10.0 Å². The van der Waals surface area contributed by atoms with Crippen molar-refractivity contribution in [1.29, 1.82) is 0 Å². The zero-order chi connectivity index (χ0) is 18.6. The van der Waals surface area contributed by atoms with Crippen molar-refractivity contribution >= 4 is 16.1 Å². The first-order valence-corrected chi connectivity index (χ1v) is 9.47. The summed E-state index contributed by atoms with van der Waals surface area (Å²) in [4.78, 5) is 11.8. The second-order valence-electron chi connectivity index (χ2n) is 7.58. The molecule has 0 bridgehead atoms. The van der Waals surface area contributed by atoms with Crippen molar-refractivity contribution < 1.29 is 17.9 Å². The first kappa shape index (κ1) is 20.4. The molecule has 7 heteroatoms. The lowest BCUT2D eigenvalue weighted by Crippen LogP contribution is -2.52. The third-order valence-electron chi connectivity index (χ3n) is 3.01. The van der Waals surface area contributed by atoms with Crippen molar-refractivity contribution in [3.8, 4) is 0 Å². The molecule has 0 aliphatic carbocycles. The number of nitrogens with one attached hydrogen (secondary N) is 2. The number of ether oxygens (including phenoxy) is 1.